The van der Waals surface area contributed by atoms with E-state index in [1.807, 2.05) is 6.92 Å². The van der Waals surface area contributed by atoms with E-state index in [1.54, 1.807) is 31.0 Å². The maximum atomic E-state index is 12.3. The molecule has 0 atom stereocenters. The highest BCUT2D eigenvalue weighted by Gasteiger charge is 2.16. The van der Waals surface area contributed by atoms with Crippen molar-refractivity contribution >= 4 is 11.9 Å². The summed E-state index contributed by atoms with van der Waals surface area (Å²) in [5.41, 5.74) is 2.65. The molecule has 0 bridgehead atoms. The van der Waals surface area contributed by atoms with Crippen LogP contribution >= 0.6 is 0 Å². The molecule has 0 saturated heterocycles. The lowest BCUT2D eigenvalue weighted by molar-refractivity contribution is -0.129. The second-order valence-corrected chi connectivity index (χ2v) is 5.23. The Hall–Kier alpha value is -2.63. The molecule has 22 heavy (non-hydrogen) atoms. The highest BCUT2D eigenvalue weighted by atomic mass is 16.5. The molecule has 2 rings (SSSR count). The molecule has 0 aliphatic rings. The van der Waals surface area contributed by atoms with E-state index in [0.717, 1.165) is 16.8 Å². The first-order valence-corrected chi connectivity index (χ1v) is 6.86. The molecule has 0 saturated carbocycles. The molecule has 0 unspecified atom stereocenters. The van der Waals surface area contributed by atoms with Crippen molar-refractivity contribution in [2.45, 2.75) is 26.8 Å². The van der Waals surface area contributed by atoms with Crippen molar-refractivity contribution in [3.05, 3.63) is 52.4 Å². The van der Waals surface area contributed by atoms with E-state index in [9.17, 15) is 9.59 Å². The Labute approximate surface area is 128 Å². The number of hydrogen-bond donors (Lipinski definition) is 1. The van der Waals surface area contributed by atoms with Crippen LogP contribution in [0.1, 0.15) is 32.9 Å². The van der Waals surface area contributed by atoms with Crippen LogP contribution in [-0.2, 0) is 17.8 Å². The Morgan fingerprint density at radius 3 is 2.36 bits per heavy atom. The van der Waals surface area contributed by atoms with E-state index >= 15 is 0 Å². The number of likely N-dealkylation sites (N-methyl/N-ethyl adjacent to an activating group) is 1. The minimum atomic E-state index is -0.964. The molecular weight excluding hydrogens is 284 g/mol. The molecule has 0 radical (unpaired) electrons. The second-order valence-electron chi connectivity index (χ2n) is 5.23. The first-order valence-electron chi connectivity index (χ1n) is 6.86. The summed E-state index contributed by atoms with van der Waals surface area (Å²) in [6.45, 7) is 4.01. The lowest BCUT2D eigenvalue weighted by Crippen LogP contribution is -2.28. The molecule has 1 aromatic heterocycles. The van der Waals surface area contributed by atoms with Gasteiger partial charge in [0.2, 0.25) is 5.91 Å². The van der Waals surface area contributed by atoms with E-state index in [2.05, 4.69) is 5.16 Å². The average molecular weight is 302 g/mol. The summed E-state index contributed by atoms with van der Waals surface area (Å²) in [6, 6.07) is 6.49. The van der Waals surface area contributed by atoms with Crippen molar-refractivity contribution in [1.29, 1.82) is 0 Å². The Morgan fingerprint density at radius 1 is 1.23 bits per heavy atom. The smallest absolute Gasteiger partial charge is 0.335 e. The minimum Gasteiger partial charge on any atom is -0.478 e. The summed E-state index contributed by atoms with van der Waals surface area (Å²) >= 11 is 0. The highest BCUT2D eigenvalue weighted by molar-refractivity contribution is 5.87. The fraction of sp³-hybridized carbons (Fsp3) is 0.312. The molecule has 6 nitrogen and oxygen atoms in total. The molecule has 0 fully saturated rings. The maximum Gasteiger partial charge on any atom is 0.335 e. The van der Waals surface area contributed by atoms with Gasteiger partial charge >= 0.3 is 5.97 Å². The van der Waals surface area contributed by atoms with Crippen LogP contribution in [0.2, 0.25) is 0 Å². The van der Waals surface area contributed by atoms with Gasteiger partial charge in [0.05, 0.1) is 17.7 Å². The predicted octanol–water partition coefficient (Wildman–Crippen LogP) is 2.19. The summed E-state index contributed by atoms with van der Waals surface area (Å²) in [4.78, 5) is 24.7. The SMILES string of the molecule is Cc1noc(C)c1CC(=O)N(C)Cc1ccc(C(=O)O)cc1. The van der Waals surface area contributed by atoms with Crippen molar-refractivity contribution in [2.24, 2.45) is 0 Å². The highest BCUT2D eigenvalue weighted by Crippen LogP contribution is 2.14. The number of hydrogen-bond acceptors (Lipinski definition) is 4. The van der Waals surface area contributed by atoms with Crippen LogP contribution in [0, 0.1) is 13.8 Å². The number of aromatic carboxylic acids is 1. The van der Waals surface area contributed by atoms with Crippen molar-refractivity contribution in [1.82, 2.24) is 10.1 Å². The van der Waals surface area contributed by atoms with Crippen LogP contribution in [0.3, 0.4) is 0 Å². The lowest BCUT2D eigenvalue weighted by Gasteiger charge is -2.17. The van der Waals surface area contributed by atoms with Gasteiger partial charge in [-0.05, 0) is 31.5 Å². The van der Waals surface area contributed by atoms with E-state index < -0.39 is 5.97 Å². The topological polar surface area (TPSA) is 83.6 Å². The molecule has 116 valence electrons. The van der Waals surface area contributed by atoms with Gasteiger partial charge in [0.1, 0.15) is 5.76 Å². The number of amides is 1. The predicted molar refractivity (Wildman–Crippen MR) is 79.6 cm³/mol. The minimum absolute atomic E-state index is 0.0447. The largest absolute Gasteiger partial charge is 0.478 e. The fourth-order valence-corrected chi connectivity index (χ4v) is 2.16. The first-order chi connectivity index (χ1) is 10.4. The number of rotatable bonds is 5. The molecule has 6 heteroatoms. The molecule has 0 aliphatic carbocycles. The Balaban J connectivity index is 2.00. The van der Waals surface area contributed by atoms with Crippen LogP contribution in [-0.4, -0.2) is 34.1 Å². The fourth-order valence-electron chi connectivity index (χ4n) is 2.16. The van der Waals surface area contributed by atoms with Gasteiger partial charge in [0.25, 0.3) is 0 Å². The monoisotopic (exact) mass is 302 g/mol. The summed E-state index contributed by atoms with van der Waals surface area (Å²) < 4.78 is 5.05. The molecule has 1 amide bonds. The standard InChI is InChI=1S/C16H18N2O4/c1-10-14(11(2)22-17-10)8-15(19)18(3)9-12-4-6-13(7-5-12)16(20)21/h4-7H,8-9H2,1-3H3,(H,20,21). The van der Waals surface area contributed by atoms with Gasteiger partial charge in [-0.1, -0.05) is 17.3 Å². The molecule has 1 heterocycles. The molecule has 1 aromatic carbocycles. The van der Waals surface area contributed by atoms with Crippen molar-refractivity contribution in [3.63, 3.8) is 0 Å². The van der Waals surface area contributed by atoms with Crippen LogP contribution in [0.5, 0.6) is 0 Å². The zero-order valence-corrected chi connectivity index (χ0v) is 12.8. The second kappa shape index (κ2) is 6.43. The van der Waals surface area contributed by atoms with Crippen LogP contribution in [0.15, 0.2) is 28.8 Å². The summed E-state index contributed by atoms with van der Waals surface area (Å²) in [5.74, 6) is -0.351. The van der Waals surface area contributed by atoms with Crippen LogP contribution in [0.25, 0.3) is 0 Å². The number of carboxylic acids is 1. The van der Waals surface area contributed by atoms with E-state index in [1.165, 1.54) is 12.1 Å². The van der Waals surface area contributed by atoms with Crippen LogP contribution in [0.4, 0.5) is 0 Å². The van der Waals surface area contributed by atoms with Crippen molar-refractivity contribution in [3.8, 4) is 0 Å². The zero-order valence-electron chi connectivity index (χ0n) is 12.8. The third-order valence-corrected chi connectivity index (χ3v) is 3.56. The van der Waals surface area contributed by atoms with Gasteiger partial charge in [-0.2, -0.15) is 0 Å². The van der Waals surface area contributed by atoms with E-state index in [-0.39, 0.29) is 17.9 Å². The Morgan fingerprint density at radius 2 is 1.86 bits per heavy atom. The third-order valence-electron chi connectivity index (χ3n) is 3.56. The molecule has 2 aromatic rings. The quantitative estimate of drug-likeness (QED) is 0.915. The summed E-state index contributed by atoms with van der Waals surface area (Å²) in [5, 5.41) is 12.7. The lowest BCUT2D eigenvalue weighted by atomic mass is 10.1. The molecule has 0 spiro atoms. The number of carbonyl (C=O) groups excluding carboxylic acids is 1. The van der Waals surface area contributed by atoms with Crippen molar-refractivity contribution in [2.75, 3.05) is 7.05 Å². The molecular formula is C16H18N2O4. The van der Waals surface area contributed by atoms with Crippen LogP contribution < -0.4 is 0 Å². The van der Waals surface area contributed by atoms with E-state index in [4.69, 9.17) is 9.63 Å². The number of carboxylic acid groups (broad SMARTS) is 1. The number of aryl methyl sites for hydroxylation is 2. The Kier molecular flexibility index (Phi) is 4.60. The van der Waals surface area contributed by atoms with E-state index in [0.29, 0.717) is 12.3 Å². The molecule has 0 aliphatic heterocycles. The number of nitrogens with zero attached hydrogens (tertiary/aromatic N) is 2. The molecule has 1 N–H and O–H groups in total. The van der Waals surface area contributed by atoms with Crippen molar-refractivity contribution < 1.29 is 19.2 Å². The average Bonchev–Trinajstić information content (AvgIpc) is 2.79. The van der Waals surface area contributed by atoms with Gasteiger partial charge in [-0.15, -0.1) is 0 Å². The number of aromatic nitrogens is 1. The number of benzene rings is 1. The zero-order chi connectivity index (χ0) is 16.3. The summed E-state index contributed by atoms with van der Waals surface area (Å²) in [7, 11) is 1.71. The maximum absolute atomic E-state index is 12.3. The first kappa shape index (κ1) is 15.8. The van der Waals surface area contributed by atoms with Gasteiger partial charge in [-0.25, -0.2) is 4.79 Å². The van der Waals surface area contributed by atoms with Gasteiger partial charge in [0, 0.05) is 19.2 Å². The van der Waals surface area contributed by atoms with Gasteiger partial charge in [-0.3, -0.25) is 4.79 Å². The van der Waals surface area contributed by atoms with Gasteiger partial charge < -0.3 is 14.5 Å². The van der Waals surface area contributed by atoms with Gasteiger partial charge in [0.15, 0.2) is 0 Å². The summed E-state index contributed by atoms with van der Waals surface area (Å²) in [6.07, 6.45) is 0.241. The Bertz CT molecular complexity index is 669. The number of carbonyl (C=O) groups is 2. The normalized spacial score (nSPS) is 10.5. The third kappa shape index (κ3) is 3.52.